The molecule has 0 aromatic heterocycles. The summed E-state index contributed by atoms with van der Waals surface area (Å²) >= 11 is 0. The maximum absolute atomic E-state index is 11.5. The van der Waals surface area contributed by atoms with Gasteiger partial charge in [0, 0.05) is 20.1 Å². The van der Waals surface area contributed by atoms with Gasteiger partial charge in [0.2, 0.25) is 0 Å². The number of hydrogen-bond donors (Lipinski definition) is 2. The highest BCUT2D eigenvalue weighted by molar-refractivity contribution is 5.75. The summed E-state index contributed by atoms with van der Waals surface area (Å²) in [7, 11) is 1.60. The Hall–Kier alpha value is -1.26. The molecule has 0 rings (SSSR count). The van der Waals surface area contributed by atoms with Crippen molar-refractivity contribution in [3.8, 4) is 0 Å². The van der Waals surface area contributed by atoms with Crippen LogP contribution >= 0.6 is 0 Å². The van der Waals surface area contributed by atoms with Gasteiger partial charge < -0.3 is 15.3 Å². The molecule has 2 unspecified atom stereocenters. The van der Waals surface area contributed by atoms with E-state index in [4.69, 9.17) is 5.11 Å². The Morgan fingerprint density at radius 3 is 2.38 bits per heavy atom. The van der Waals surface area contributed by atoms with Crippen LogP contribution < -0.4 is 5.32 Å². The van der Waals surface area contributed by atoms with Crippen molar-refractivity contribution in [3.63, 3.8) is 0 Å². The fourth-order valence-electron chi connectivity index (χ4n) is 1.11. The van der Waals surface area contributed by atoms with Crippen LogP contribution in [0, 0.1) is 11.8 Å². The molecule has 0 fully saturated rings. The third-order valence-electron chi connectivity index (χ3n) is 2.61. The molecule has 0 heterocycles. The molecule has 5 nitrogen and oxygen atoms in total. The molecule has 0 saturated carbocycles. The number of hydrogen-bond acceptors (Lipinski definition) is 2. The van der Waals surface area contributed by atoms with Crippen LogP contribution in [-0.4, -0.2) is 42.1 Å². The molecular formula is C11H22N2O3. The molecule has 0 aliphatic heterocycles. The number of aliphatic carboxylic acids is 1. The summed E-state index contributed by atoms with van der Waals surface area (Å²) in [5.41, 5.74) is 0. The number of carboxylic acids is 1. The molecule has 5 heteroatoms. The van der Waals surface area contributed by atoms with Gasteiger partial charge in [-0.3, -0.25) is 4.79 Å². The molecule has 0 saturated heterocycles. The minimum absolute atomic E-state index is 0.214. The Bertz CT molecular complexity index is 243. The molecule has 16 heavy (non-hydrogen) atoms. The summed E-state index contributed by atoms with van der Waals surface area (Å²) < 4.78 is 0. The van der Waals surface area contributed by atoms with Crippen molar-refractivity contribution in [1.82, 2.24) is 10.2 Å². The van der Waals surface area contributed by atoms with E-state index in [-0.39, 0.29) is 12.6 Å². The molecule has 2 amide bonds. The number of nitrogens with zero attached hydrogens (tertiary/aromatic N) is 1. The first-order valence-electron chi connectivity index (χ1n) is 5.60. The minimum atomic E-state index is -0.887. The zero-order valence-electron chi connectivity index (χ0n) is 10.5. The van der Waals surface area contributed by atoms with E-state index in [2.05, 4.69) is 19.2 Å². The molecule has 0 aromatic carbocycles. The van der Waals surface area contributed by atoms with Gasteiger partial charge in [-0.15, -0.1) is 0 Å². The second kappa shape index (κ2) is 7.09. The lowest BCUT2D eigenvalue weighted by Gasteiger charge is -2.21. The molecule has 94 valence electrons. The van der Waals surface area contributed by atoms with Gasteiger partial charge in [0.25, 0.3) is 0 Å². The van der Waals surface area contributed by atoms with E-state index in [1.165, 1.54) is 4.90 Å². The molecule has 0 radical (unpaired) electrons. The van der Waals surface area contributed by atoms with Crippen molar-refractivity contribution in [1.29, 1.82) is 0 Å². The SMILES string of the molecule is CCC(C)CNC(=O)N(C)CC(C)C(=O)O. The maximum Gasteiger partial charge on any atom is 0.317 e. The van der Waals surface area contributed by atoms with Crippen molar-refractivity contribution >= 4 is 12.0 Å². The lowest BCUT2D eigenvalue weighted by molar-refractivity contribution is -0.141. The average Bonchev–Trinajstić information content (AvgIpc) is 2.24. The molecular weight excluding hydrogens is 208 g/mol. The molecule has 2 atom stereocenters. The smallest absolute Gasteiger partial charge is 0.317 e. The van der Waals surface area contributed by atoms with Crippen LogP contribution in [0.15, 0.2) is 0 Å². The van der Waals surface area contributed by atoms with Gasteiger partial charge in [-0.1, -0.05) is 27.2 Å². The van der Waals surface area contributed by atoms with Crippen molar-refractivity contribution in [3.05, 3.63) is 0 Å². The number of carbonyl (C=O) groups is 2. The van der Waals surface area contributed by atoms with E-state index in [0.29, 0.717) is 12.5 Å². The summed E-state index contributed by atoms with van der Waals surface area (Å²) in [4.78, 5) is 23.6. The largest absolute Gasteiger partial charge is 0.481 e. The number of amides is 2. The van der Waals surface area contributed by atoms with Crippen molar-refractivity contribution < 1.29 is 14.7 Å². The van der Waals surface area contributed by atoms with Gasteiger partial charge in [0.05, 0.1) is 5.92 Å². The summed E-state index contributed by atoms with van der Waals surface area (Å²) in [5.74, 6) is -0.991. The zero-order chi connectivity index (χ0) is 12.7. The number of nitrogens with one attached hydrogen (secondary N) is 1. The molecule has 0 aromatic rings. The Balaban J connectivity index is 3.95. The zero-order valence-corrected chi connectivity index (χ0v) is 10.5. The summed E-state index contributed by atoms with van der Waals surface area (Å²) in [6.45, 7) is 6.55. The van der Waals surface area contributed by atoms with E-state index < -0.39 is 11.9 Å². The third-order valence-corrected chi connectivity index (χ3v) is 2.61. The Morgan fingerprint density at radius 2 is 1.94 bits per heavy atom. The maximum atomic E-state index is 11.5. The van der Waals surface area contributed by atoms with Crippen molar-refractivity contribution in [2.45, 2.75) is 27.2 Å². The molecule has 0 aliphatic carbocycles. The monoisotopic (exact) mass is 230 g/mol. The van der Waals surface area contributed by atoms with Crippen LogP contribution in [0.4, 0.5) is 4.79 Å². The van der Waals surface area contributed by atoms with Gasteiger partial charge in [-0.2, -0.15) is 0 Å². The topological polar surface area (TPSA) is 69.6 Å². The average molecular weight is 230 g/mol. The predicted molar refractivity (Wildman–Crippen MR) is 62.3 cm³/mol. The van der Waals surface area contributed by atoms with Gasteiger partial charge >= 0.3 is 12.0 Å². The van der Waals surface area contributed by atoms with Gasteiger partial charge in [-0.05, 0) is 5.92 Å². The van der Waals surface area contributed by atoms with Gasteiger partial charge in [-0.25, -0.2) is 4.79 Å². The van der Waals surface area contributed by atoms with Crippen molar-refractivity contribution in [2.75, 3.05) is 20.1 Å². The highest BCUT2D eigenvalue weighted by atomic mass is 16.4. The lowest BCUT2D eigenvalue weighted by Crippen LogP contribution is -2.42. The van der Waals surface area contributed by atoms with Crippen LogP contribution in [-0.2, 0) is 4.79 Å². The normalized spacial score (nSPS) is 14.0. The second-order valence-corrected chi connectivity index (χ2v) is 4.32. The van der Waals surface area contributed by atoms with Crippen LogP contribution in [0.2, 0.25) is 0 Å². The quantitative estimate of drug-likeness (QED) is 0.724. The van der Waals surface area contributed by atoms with Crippen LogP contribution in [0.25, 0.3) is 0 Å². The van der Waals surface area contributed by atoms with Crippen molar-refractivity contribution in [2.24, 2.45) is 11.8 Å². The van der Waals surface area contributed by atoms with Crippen LogP contribution in [0.1, 0.15) is 27.2 Å². The van der Waals surface area contributed by atoms with E-state index in [1.807, 2.05) is 0 Å². The van der Waals surface area contributed by atoms with Gasteiger partial charge in [0.1, 0.15) is 0 Å². The van der Waals surface area contributed by atoms with Crippen LogP contribution in [0.3, 0.4) is 0 Å². The standard InChI is InChI=1S/C11H22N2O3/c1-5-8(2)6-12-11(16)13(4)7-9(3)10(14)15/h8-9H,5-7H2,1-4H3,(H,12,16)(H,14,15). The second-order valence-electron chi connectivity index (χ2n) is 4.32. The Kier molecular flexibility index (Phi) is 6.53. The number of rotatable bonds is 6. The fraction of sp³-hybridized carbons (Fsp3) is 0.818. The van der Waals surface area contributed by atoms with E-state index in [0.717, 1.165) is 6.42 Å². The van der Waals surface area contributed by atoms with E-state index >= 15 is 0 Å². The fourth-order valence-corrected chi connectivity index (χ4v) is 1.11. The van der Waals surface area contributed by atoms with E-state index in [9.17, 15) is 9.59 Å². The first kappa shape index (κ1) is 14.7. The summed E-state index contributed by atoms with van der Waals surface area (Å²) in [6.07, 6.45) is 1.01. The van der Waals surface area contributed by atoms with E-state index in [1.54, 1.807) is 14.0 Å². The molecule has 0 bridgehead atoms. The predicted octanol–water partition coefficient (Wildman–Crippen LogP) is 1.39. The summed E-state index contributed by atoms with van der Waals surface area (Å²) in [6, 6.07) is -0.214. The number of urea groups is 1. The van der Waals surface area contributed by atoms with Gasteiger partial charge in [0.15, 0.2) is 0 Å². The summed E-state index contributed by atoms with van der Waals surface area (Å²) in [5, 5.41) is 11.5. The molecule has 0 spiro atoms. The minimum Gasteiger partial charge on any atom is -0.481 e. The molecule has 2 N–H and O–H groups in total. The third kappa shape index (κ3) is 5.58. The Labute approximate surface area is 96.8 Å². The first-order valence-corrected chi connectivity index (χ1v) is 5.60. The first-order chi connectivity index (χ1) is 7.38. The Morgan fingerprint density at radius 1 is 1.38 bits per heavy atom. The van der Waals surface area contributed by atoms with Crippen LogP contribution in [0.5, 0.6) is 0 Å². The highest BCUT2D eigenvalue weighted by Crippen LogP contribution is 2.00. The lowest BCUT2D eigenvalue weighted by atomic mass is 10.1. The highest BCUT2D eigenvalue weighted by Gasteiger charge is 2.17. The molecule has 0 aliphatic rings. The number of carbonyl (C=O) groups excluding carboxylic acids is 1. The number of carboxylic acid groups (broad SMARTS) is 1.